The Labute approximate surface area is 89.2 Å². The lowest BCUT2D eigenvalue weighted by Crippen LogP contribution is -2.13. The van der Waals surface area contributed by atoms with Crippen molar-refractivity contribution in [3.63, 3.8) is 0 Å². The van der Waals surface area contributed by atoms with Gasteiger partial charge in [-0.25, -0.2) is 0 Å². The second-order valence-electron chi connectivity index (χ2n) is 4.16. The van der Waals surface area contributed by atoms with Crippen LogP contribution < -0.4 is 0 Å². The van der Waals surface area contributed by atoms with Crippen molar-refractivity contribution in [2.45, 2.75) is 19.8 Å². The molecule has 2 heterocycles. The van der Waals surface area contributed by atoms with Crippen LogP contribution in [0.1, 0.15) is 28.9 Å². The summed E-state index contributed by atoms with van der Waals surface area (Å²) in [6.45, 7) is 3.44. The fourth-order valence-electron chi connectivity index (χ4n) is 2.05. The summed E-state index contributed by atoms with van der Waals surface area (Å²) in [7, 11) is 1.81. The normalized spacial score (nSPS) is 20.8. The zero-order valence-electron chi connectivity index (χ0n) is 9.19. The van der Waals surface area contributed by atoms with E-state index in [1.165, 1.54) is 0 Å². The number of carbonyl (C=O) groups is 1. The van der Waals surface area contributed by atoms with E-state index in [2.05, 4.69) is 5.10 Å². The molecule has 0 aliphatic carbocycles. The maximum atomic E-state index is 12.0. The summed E-state index contributed by atoms with van der Waals surface area (Å²) in [5.74, 6) is 0.579. The monoisotopic (exact) mass is 208 g/mol. The van der Waals surface area contributed by atoms with E-state index >= 15 is 0 Å². The minimum absolute atomic E-state index is 0.183. The fourth-order valence-corrected chi connectivity index (χ4v) is 2.05. The third-order valence-corrected chi connectivity index (χ3v) is 2.88. The van der Waals surface area contributed by atoms with Gasteiger partial charge in [0.25, 0.3) is 0 Å². The van der Waals surface area contributed by atoms with Crippen LogP contribution in [0, 0.1) is 12.8 Å². The molecule has 1 unspecified atom stereocenters. The Morgan fingerprint density at radius 1 is 1.73 bits per heavy atom. The van der Waals surface area contributed by atoms with E-state index in [4.69, 9.17) is 4.74 Å². The predicted octanol–water partition coefficient (Wildman–Crippen LogP) is 1.34. The van der Waals surface area contributed by atoms with Crippen molar-refractivity contribution in [1.82, 2.24) is 9.78 Å². The molecule has 0 N–H and O–H groups in total. The third kappa shape index (κ3) is 2.09. The van der Waals surface area contributed by atoms with E-state index in [1.54, 1.807) is 10.9 Å². The molecule has 1 aliphatic heterocycles. The molecule has 0 aromatic carbocycles. The van der Waals surface area contributed by atoms with Crippen LogP contribution in [0.4, 0.5) is 0 Å². The van der Waals surface area contributed by atoms with Gasteiger partial charge in [0.15, 0.2) is 5.78 Å². The van der Waals surface area contributed by atoms with Crippen molar-refractivity contribution < 1.29 is 9.53 Å². The van der Waals surface area contributed by atoms with Crippen LogP contribution in [-0.4, -0.2) is 28.8 Å². The van der Waals surface area contributed by atoms with E-state index < -0.39 is 0 Å². The van der Waals surface area contributed by atoms with Crippen molar-refractivity contribution in [1.29, 1.82) is 0 Å². The fraction of sp³-hybridized carbons (Fsp3) is 0.636. The van der Waals surface area contributed by atoms with Gasteiger partial charge < -0.3 is 4.74 Å². The molecule has 1 aliphatic rings. The van der Waals surface area contributed by atoms with Crippen molar-refractivity contribution in [2.75, 3.05) is 13.2 Å². The van der Waals surface area contributed by atoms with Crippen molar-refractivity contribution >= 4 is 5.78 Å². The van der Waals surface area contributed by atoms with Crippen molar-refractivity contribution in [3.05, 3.63) is 17.5 Å². The van der Waals surface area contributed by atoms with Crippen LogP contribution in [0.3, 0.4) is 0 Å². The van der Waals surface area contributed by atoms with Gasteiger partial charge in [0.1, 0.15) is 5.69 Å². The Bertz CT molecular complexity index is 345. The van der Waals surface area contributed by atoms with E-state index in [-0.39, 0.29) is 5.78 Å². The van der Waals surface area contributed by atoms with Gasteiger partial charge in [-0.05, 0) is 24.8 Å². The number of hydrogen-bond acceptors (Lipinski definition) is 3. The Morgan fingerprint density at radius 2 is 2.53 bits per heavy atom. The summed E-state index contributed by atoms with van der Waals surface area (Å²) in [5, 5.41) is 4.08. The van der Waals surface area contributed by atoms with E-state index in [0.717, 1.165) is 30.9 Å². The van der Waals surface area contributed by atoms with Gasteiger partial charge in [-0.15, -0.1) is 0 Å². The quantitative estimate of drug-likeness (QED) is 0.704. The summed E-state index contributed by atoms with van der Waals surface area (Å²) >= 11 is 0. The van der Waals surface area contributed by atoms with Gasteiger partial charge in [0.2, 0.25) is 0 Å². The summed E-state index contributed by atoms with van der Waals surface area (Å²) < 4.78 is 6.92. The van der Waals surface area contributed by atoms with Gasteiger partial charge in [-0.2, -0.15) is 5.10 Å². The average Bonchev–Trinajstić information content (AvgIpc) is 2.77. The van der Waals surface area contributed by atoms with Gasteiger partial charge in [-0.1, -0.05) is 0 Å². The van der Waals surface area contributed by atoms with E-state index in [1.807, 2.05) is 14.0 Å². The molecule has 1 atom stereocenters. The molecule has 2 rings (SSSR count). The topological polar surface area (TPSA) is 44.1 Å². The number of ketones is 1. The maximum absolute atomic E-state index is 12.0. The van der Waals surface area contributed by atoms with Crippen molar-refractivity contribution in [2.24, 2.45) is 13.0 Å². The van der Waals surface area contributed by atoms with Gasteiger partial charge in [-0.3, -0.25) is 9.48 Å². The largest absolute Gasteiger partial charge is 0.381 e. The third-order valence-electron chi connectivity index (χ3n) is 2.88. The van der Waals surface area contributed by atoms with Crippen molar-refractivity contribution in [3.8, 4) is 0 Å². The second-order valence-corrected chi connectivity index (χ2v) is 4.16. The highest BCUT2D eigenvalue weighted by Crippen LogP contribution is 2.19. The lowest BCUT2D eigenvalue weighted by Gasteiger charge is -2.07. The molecule has 0 amide bonds. The smallest absolute Gasteiger partial charge is 0.181 e. The predicted molar refractivity (Wildman–Crippen MR) is 55.8 cm³/mol. The zero-order valence-corrected chi connectivity index (χ0v) is 9.19. The maximum Gasteiger partial charge on any atom is 0.181 e. The van der Waals surface area contributed by atoms with Gasteiger partial charge in [0.05, 0.1) is 6.20 Å². The number of carbonyl (C=O) groups excluding carboxylic acids is 1. The Kier molecular flexibility index (Phi) is 2.86. The Balaban J connectivity index is 2.07. The number of aromatic nitrogens is 2. The number of hydrogen-bond donors (Lipinski definition) is 0. The lowest BCUT2D eigenvalue weighted by molar-refractivity contribution is 0.0943. The van der Waals surface area contributed by atoms with E-state index in [0.29, 0.717) is 12.3 Å². The molecule has 0 saturated carbocycles. The first kappa shape index (κ1) is 10.4. The molecule has 4 heteroatoms. The molecule has 1 fully saturated rings. The van der Waals surface area contributed by atoms with Crippen LogP contribution in [0.25, 0.3) is 0 Å². The molecule has 0 bridgehead atoms. The number of rotatable bonds is 3. The number of aryl methyl sites for hydroxylation is 2. The van der Waals surface area contributed by atoms with Crippen LogP contribution in [0.5, 0.6) is 0 Å². The molecule has 1 saturated heterocycles. The lowest BCUT2D eigenvalue weighted by atomic mass is 9.99. The molecular weight excluding hydrogens is 192 g/mol. The first-order valence-corrected chi connectivity index (χ1v) is 5.28. The molecule has 1 aromatic rings. The molecular formula is C11H16N2O2. The second kappa shape index (κ2) is 4.14. The molecule has 0 radical (unpaired) electrons. The molecule has 4 nitrogen and oxygen atoms in total. The first-order chi connectivity index (χ1) is 7.18. The van der Waals surface area contributed by atoms with Gasteiger partial charge >= 0.3 is 0 Å². The zero-order chi connectivity index (χ0) is 10.8. The molecule has 0 spiro atoms. The first-order valence-electron chi connectivity index (χ1n) is 5.28. The summed E-state index contributed by atoms with van der Waals surface area (Å²) in [5.41, 5.74) is 1.70. The number of nitrogens with zero attached hydrogens (tertiary/aromatic N) is 2. The van der Waals surface area contributed by atoms with Gasteiger partial charge in [0, 0.05) is 26.7 Å². The standard InChI is InChI=1S/C11H16N2O2/c1-8-6-12-13(2)11(8)10(14)5-9-3-4-15-7-9/h6,9H,3-5,7H2,1-2H3. The minimum Gasteiger partial charge on any atom is -0.381 e. The molecule has 15 heavy (non-hydrogen) atoms. The highest BCUT2D eigenvalue weighted by atomic mass is 16.5. The van der Waals surface area contributed by atoms with Crippen LogP contribution >= 0.6 is 0 Å². The summed E-state index contributed by atoms with van der Waals surface area (Å²) in [6.07, 6.45) is 3.32. The molecule has 1 aromatic heterocycles. The van der Waals surface area contributed by atoms with Crippen LogP contribution in [-0.2, 0) is 11.8 Å². The number of Topliss-reactive ketones (excluding diaryl/α,β-unsaturated/α-hetero) is 1. The Hall–Kier alpha value is -1.16. The average molecular weight is 208 g/mol. The van der Waals surface area contributed by atoms with E-state index in [9.17, 15) is 4.79 Å². The summed E-state index contributed by atoms with van der Waals surface area (Å²) in [6, 6.07) is 0. The minimum atomic E-state index is 0.183. The highest BCUT2D eigenvalue weighted by molar-refractivity contribution is 5.95. The SMILES string of the molecule is Cc1cnn(C)c1C(=O)CC1CCOC1. The summed E-state index contributed by atoms with van der Waals surface area (Å²) in [4.78, 5) is 12.0. The Morgan fingerprint density at radius 3 is 3.07 bits per heavy atom. The van der Waals surface area contributed by atoms with Crippen LogP contribution in [0.2, 0.25) is 0 Å². The van der Waals surface area contributed by atoms with Crippen LogP contribution in [0.15, 0.2) is 6.20 Å². The highest BCUT2D eigenvalue weighted by Gasteiger charge is 2.22. The molecule has 82 valence electrons. The number of ether oxygens (including phenoxy) is 1.